The molecule has 0 unspecified atom stereocenters. The van der Waals surface area contributed by atoms with Crippen molar-refractivity contribution < 1.29 is 9.53 Å². The Kier molecular flexibility index (Phi) is 9.75. The van der Waals surface area contributed by atoms with Gasteiger partial charge in [-0.05, 0) is 5.56 Å². The van der Waals surface area contributed by atoms with E-state index < -0.39 is 18.4 Å². The van der Waals surface area contributed by atoms with E-state index in [1.165, 1.54) is 60.9 Å². The van der Waals surface area contributed by atoms with Gasteiger partial charge in [0, 0.05) is 0 Å². The van der Waals surface area contributed by atoms with E-state index in [4.69, 9.17) is 14.9 Å². The van der Waals surface area contributed by atoms with Crippen molar-refractivity contribution in [3.8, 4) is 0 Å². The molecule has 2 aliphatic rings. The third-order valence-corrected chi connectivity index (χ3v) is 24.6. The van der Waals surface area contributed by atoms with Crippen LogP contribution in [0, 0.1) is 0 Å². The Morgan fingerprint density at radius 2 is 1.65 bits per heavy atom. The van der Waals surface area contributed by atoms with Gasteiger partial charge in [0.1, 0.15) is 0 Å². The predicted molar refractivity (Wildman–Crippen MR) is 166 cm³/mol. The first-order valence-corrected chi connectivity index (χ1v) is 23.4. The molecule has 1 aliphatic heterocycles. The van der Waals surface area contributed by atoms with Gasteiger partial charge < -0.3 is 0 Å². The number of nitrogens with zero attached hydrogens (tertiary/aromatic N) is 4. The minimum absolute atomic E-state index is 0.0628. The fraction of sp³-hybridized carbons (Fsp3) is 0.606. The summed E-state index contributed by atoms with van der Waals surface area (Å²) in [5, 5.41) is 11.3. The second-order valence-electron chi connectivity index (χ2n) is 12.4. The molecule has 3 aromatic rings. The Morgan fingerprint density at radius 3 is 2.27 bits per heavy atom. The first-order chi connectivity index (χ1) is 19.5. The molecule has 1 aromatic carbocycles. The molecule has 0 radical (unpaired) electrons. The van der Waals surface area contributed by atoms with Crippen molar-refractivity contribution in [2.75, 3.05) is 6.54 Å². The molecule has 0 N–H and O–H groups in total. The monoisotopic (exact) mass is 652 g/mol. The quantitative estimate of drug-likeness (QED) is 0.176. The molecule has 1 amide bonds. The Bertz CT molecular complexity index is 1230. The van der Waals surface area contributed by atoms with Gasteiger partial charge in [-0.25, -0.2) is 0 Å². The van der Waals surface area contributed by atoms with E-state index in [2.05, 4.69) is 43.7 Å². The Morgan fingerprint density at radius 1 is 0.975 bits per heavy atom. The number of hydrogen-bond acceptors (Lipinski definition) is 4. The standard InChI is InChI=1S/C21H21N4O2.3C4H9.Sn/c26-20(27-15-16-4-2-1-3-5-16)25-13-8-18(14-21(25)9-10-21)24-12-7-17-6-11-22-23-19(17)24;3*1-3-4-2;/h1-7,12,18H,8-10,13-15H2;3*1,3-4H2,2H3;/t18-;;;;/m1..../s1. The molecule has 216 valence electrons. The van der Waals surface area contributed by atoms with Crippen molar-refractivity contribution in [2.45, 2.75) is 116 Å². The van der Waals surface area contributed by atoms with Crippen LogP contribution in [-0.4, -0.2) is 56.2 Å². The zero-order valence-corrected chi connectivity index (χ0v) is 27.8. The van der Waals surface area contributed by atoms with Crippen LogP contribution in [0.25, 0.3) is 11.0 Å². The van der Waals surface area contributed by atoms with Crippen LogP contribution in [0.3, 0.4) is 0 Å². The van der Waals surface area contributed by atoms with E-state index in [0.717, 1.165) is 43.4 Å². The fourth-order valence-electron chi connectivity index (χ4n) is 6.92. The summed E-state index contributed by atoms with van der Waals surface area (Å²) in [7, 11) is 0. The zero-order chi connectivity index (χ0) is 28.0. The average molecular weight is 651 g/mol. The van der Waals surface area contributed by atoms with Crippen LogP contribution < -0.4 is 3.71 Å². The van der Waals surface area contributed by atoms with Crippen molar-refractivity contribution in [2.24, 2.45) is 0 Å². The van der Waals surface area contributed by atoms with E-state index in [-0.39, 0.29) is 11.6 Å². The summed E-state index contributed by atoms with van der Waals surface area (Å²) >= 11 is -2.62. The number of carbonyl (C=O) groups excluding carboxylic acids is 1. The molecule has 1 saturated heterocycles. The summed E-state index contributed by atoms with van der Waals surface area (Å²) in [6.45, 7) is 8.04. The van der Waals surface area contributed by atoms with Crippen LogP contribution in [0.5, 0.6) is 0 Å². The van der Waals surface area contributed by atoms with Gasteiger partial charge in [0.2, 0.25) is 0 Å². The van der Waals surface area contributed by atoms with Crippen LogP contribution in [-0.2, 0) is 11.3 Å². The first-order valence-electron chi connectivity index (χ1n) is 15.9. The van der Waals surface area contributed by atoms with E-state index in [1.807, 2.05) is 35.2 Å². The van der Waals surface area contributed by atoms with E-state index in [1.54, 1.807) is 0 Å². The Hall–Kier alpha value is -2.09. The molecule has 1 aliphatic carbocycles. The first kappa shape index (κ1) is 29.4. The van der Waals surface area contributed by atoms with Crippen molar-refractivity contribution in [1.82, 2.24) is 19.7 Å². The van der Waals surface area contributed by atoms with Crippen LogP contribution in [0.15, 0.2) is 48.7 Å². The number of hydrogen-bond donors (Lipinski definition) is 0. The minimum atomic E-state index is -2.62. The molecular formula is C33H48N4O2Sn. The predicted octanol–water partition coefficient (Wildman–Crippen LogP) is 7.99. The molecule has 1 spiro atoms. The van der Waals surface area contributed by atoms with Gasteiger partial charge in [-0.2, -0.15) is 0 Å². The summed E-state index contributed by atoms with van der Waals surface area (Å²) < 4.78 is 13.7. The maximum absolute atomic E-state index is 13.1. The summed E-state index contributed by atoms with van der Waals surface area (Å²) in [6, 6.07) is 15.0. The second-order valence-corrected chi connectivity index (χ2v) is 25.4. The van der Waals surface area contributed by atoms with Gasteiger partial charge in [-0.3, -0.25) is 0 Å². The number of benzene rings is 1. The summed E-state index contributed by atoms with van der Waals surface area (Å²) in [4.78, 5) is 15.1. The van der Waals surface area contributed by atoms with Crippen molar-refractivity contribution >= 4 is 39.2 Å². The third kappa shape index (κ3) is 6.37. The Balaban J connectivity index is 1.32. The molecule has 40 heavy (non-hydrogen) atoms. The second kappa shape index (κ2) is 13.3. The SMILES string of the molecule is CCC[CH2][Sn]([CH2]CCC)([CH2]CCC)[c]1cc2ccn([C@@H]3CCN(C(=O)OCc4ccccc4)C4(CC4)C3)c2nn1. The number of amides is 1. The number of likely N-dealkylation sites (tertiary alicyclic amines) is 1. The van der Waals surface area contributed by atoms with Crippen LogP contribution in [0.4, 0.5) is 4.79 Å². The van der Waals surface area contributed by atoms with E-state index in [0.29, 0.717) is 12.6 Å². The van der Waals surface area contributed by atoms with Crippen LogP contribution in [0.1, 0.15) is 96.6 Å². The third-order valence-electron chi connectivity index (χ3n) is 9.55. The summed E-state index contributed by atoms with van der Waals surface area (Å²) in [5.41, 5.74) is 1.98. The van der Waals surface area contributed by atoms with E-state index in [9.17, 15) is 4.79 Å². The summed E-state index contributed by atoms with van der Waals surface area (Å²) in [5.74, 6) is 0. The maximum atomic E-state index is 13.1. The van der Waals surface area contributed by atoms with Crippen LogP contribution in [0.2, 0.25) is 13.3 Å². The molecule has 6 nitrogen and oxygen atoms in total. The number of carbonyl (C=O) groups is 1. The van der Waals surface area contributed by atoms with Gasteiger partial charge in [0.05, 0.1) is 0 Å². The molecule has 2 fully saturated rings. The van der Waals surface area contributed by atoms with Gasteiger partial charge in [0.25, 0.3) is 0 Å². The topological polar surface area (TPSA) is 60.2 Å². The number of rotatable bonds is 13. The zero-order valence-electron chi connectivity index (χ0n) is 24.9. The molecular weight excluding hydrogens is 603 g/mol. The molecule has 1 atom stereocenters. The van der Waals surface area contributed by atoms with Crippen molar-refractivity contribution in [3.05, 3.63) is 54.2 Å². The van der Waals surface area contributed by atoms with Gasteiger partial charge in [0.15, 0.2) is 0 Å². The molecule has 0 bridgehead atoms. The van der Waals surface area contributed by atoms with Crippen molar-refractivity contribution in [3.63, 3.8) is 0 Å². The molecule has 5 rings (SSSR count). The molecule has 1 saturated carbocycles. The normalized spacial score (nSPS) is 18.4. The van der Waals surface area contributed by atoms with Crippen LogP contribution >= 0.6 is 0 Å². The fourth-order valence-corrected chi connectivity index (χ4v) is 22.1. The Labute approximate surface area is 244 Å². The number of fused-ring (bicyclic) bond motifs is 1. The van der Waals surface area contributed by atoms with Gasteiger partial charge >= 0.3 is 210 Å². The van der Waals surface area contributed by atoms with Crippen molar-refractivity contribution in [1.29, 1.82) is 0 Å². The number of ether oxygens (including phenoxy) is 1. The molecule has 2 aromatic heterocycles. The number of piperidine rings is 1. The van der Waals surface area contributed by atoms with Gasteiger partial charge in [-0.15, -0.1) is 0 Å². The number of unbranched alkanes of at least 4 members (excludes halogenated alkanes) is 3. The summed E-state index contributed by atoms with van der Waals surface area (Å²) in [6.07, 6.45) is 13.9. The molecule has 7 heteroatoms. The average Bonchev–Trinajstić information content (AvgIpc) is 3.61. The number of aromatic nitrogens is 3. The molecule has 3 heterocycles. The van der Waals surface area contributed by atoms with Gasteiger partial charge in [-0.1, -0.05) is 30.3 Å². The van der Waals surface area contributed by atoms with E-state index >= 15 is 0 Å².